The molecule has 10 heteroatoms. The summed E-state index contributed by atoms with van der Waals surface area (Å²) in [5.74, 6) is 1.24. The summed E-state index contributed by atoms with van der Waals surface area (Å²) in [5.41, 5.74) is 1.33. The van der Waals surface area contributed by atoms with Crippen molar-refractivity contribution in [3.05, 3.63) is 71.7 Å². The average Bonchev–Trinajstić information content (AvgIpc) is 3.34. The molecule has 1 aliphatic heterocycles. The molecule has 0 radical (unpaired) electrons. The Morgan fingerprint density at radius 3 is 2.40 bits per heavy atom. The van der Waals surface area contributed by atoms with Crippen molar-refractivity contribution in [1.82, 2.24) is 10.3 Å². The summed E-state index contributed by atoms with van der Waals surface area (Å²) in [7, 11) is 0. The zero-order valence-corrected chi connectivity index (χ0v) is 25.2. The van der Waals surface area contributed by atoms with Crippen LogP contribution in [-0.2, 0) is 9.53 Å². The highest BCUT2D eigenvalue weighted by Crippen LogP contribution is 2.46. The van der Waals surface area contributed by atoms with E-state index in [-0.39, 0.29) is 29.9 Å². The van der Waals surface area contributed by atoms with Gasteiger partial charge in [0.05, 0.1) is 22.4 Å². The molecule has 2 N–H and O–H groups in total. The van der Waals surface area contributed by atoms with E-state index in [1.165, 1.54) is 11.3 Å². The molecule has 6 rings (SSSR count). The van der Waals surface area contributed by atoms with Gasteiger partial charge in [0.15, 0.2) is 0 Å². The van der Waals surface area contributed by atoms with Gasteiger partial charge in [-0.3, -0.25) is 14.5 Å². The molecule has 2 aromatic carbocycles. The van der Waals surface area contributed by atoms with Crippen molar-refractivity contribution in [3.63, 3.8) is 0 Å². The van der Waals surface area contributed by atoms with Gasteiger partial charge in [0.1, 0.15) is 26.8 Å². The number of nitrogens with one attached hydrogen (secondary N) is 2. The molecule has 4 aromatic rings. The van der Waals surface area contributed by atoms with Gasteiger partial charge in [0.2, 0.25) is 0 Å². The van der Waals surface area contributed by atoms with Crippen LogP contribution in [0.15, 0.2) is 66.9 Å². The van der Waals surface area contributed by atoms with Crippen molar-refractivity contribution in [1.29, 1.82) is 0 Å². The van der Waals surface area contributed by atoms with E-state index in [0.29, 0.717) is 38.9 Å². The van der Waals surface area contributed by atoms with Gasteiger partial charge in [-0.2, -0.15) is 0 Å². The summed E-state index contributed by atoms with van der Waals surface area (Å²) < 4.78 is 11.4. The molecule has 3 amide bonds. The fourth-order valence-corrected chi connectivity index (χ4v) is 6.69. The number of aromatic nitrogens is 1. The fourth-order valence-electron chi connectivity index (χ4n) is 5.67. The summed E-state index contributed by atoms with van der Waals surface area (Å²) in [4.78, 5) is 46.4. The number of amides is 3. The fraction of sp³-hybridized carbons (Fsp3) is 0.333. The number of anilines is 3. The largest absolute Gasteiger partial charge is 0.460 e. The zero-order chi connectivity index (χ0) is 30.1. The molecule has 3 heterocycles. The molecule has 2 aromatic heterocycles. The Morgan fingerprint density at radius 2 is 1.70 bits per heavy atom. The van der Waals surface area contributed by atoms with Crippen LogP contribution in [-0.4, -0.2) is 34.5 Å². The van der Waals surface area contributed by atoms with E-state index >= 15 is 0 Å². The molecular weight excluding hydrogens is 564 g/mol. The molecule has 0 spiro atoms. The van der Waals surface area contributed by atoms with E-state index in [9.17, 15) is 14.4 Å². The van der Waals surface area contributed by atoms with Gasteiger partial charge < -0.3 is 20.1 Å². The average molecular weight is 599 g/mol. The van der Waals surface area contributed by atoms with Gasteiger partial charge in [-0.1, -0.05) is 18.2 Å². The number of nitrogens with zero attached hydrogens (tertiary/aromatic N) is 2. The first kappa shape index (κ1) is 28.7. The number of para-hydroxylation sites is 1. The summed E-state index contributed by atoms with van der Waals surface area (Å²) in [6, 6.07) is 18.2. The number of urea groups is 1. The van der Waals surface area contributed by atoms with E-state index in [4.69, 9.17) is 9.47 Å². The van der Waals surface area contributed by atoms with Crippen molar-refractivity contribution in [2.24, 2.45) is 5.92 Å². The minimum atomic E-state index is -0.490. The van der Waals surface area contributed by atoms with Crippen molar-refractivity contribution in [2.75, 3.05) is 10.2 Å². The normalized spacial score (nSPS) is 18.2. The van der Waals surface area contributed by atoms with Gasteiger partial charge in [0, 0.05) is 18.7 Å². The molecule has 0 unspecified atom stereocenters. The third-order valence-electron chi connectivity index (χ3n) is 7.58. The van der Waals surface area contributed by atoms with Crippen molar-refractivity contribution >= 4 is 56.5 Å². The van der Waals surface area contributed by atoms with E-state index < -0.39 is 5.60 Å². The van der Waals surface area contributed by atoms with Gasteiger partial charge >= 0.3 is 12.0 Å². The zero-order valence-electron chi connectivity index (χ0n) is 24.4. The molecule has 1 saturated carbocycles. The summed E-state index contributed by atoms with van der Waals surface area (Å²) in [6.07, 6.45) is 5.31. The number of pyridine rings is 1. The van der Waals surface area contributed by atoms with Crippen LogP contribution in [0.5, 0.6) is 11.5 Å². The molecule has 1 fully saturated rings. The highest BCUT2D eigenvalue weighted by atomic mass is 32.1. The van der Waals surface area contributed by atoms with E-state index in [1.807, 2.05) is 75.4 Å². The van der Waals surface area contributed by atoms with Crippen LogP contribution in [0.25, 0.3) is 10.2 Å². The van der Waals surface area contributed by atoms with Gasteiger partial charge in [-0.05, 0) is 94.8 Å². The quantitative estimate of drug-likeness (QED) is 0.210. The Morgan fingerprint density at radius 1 is 1.00 bits per heavy atom. The first-order chi connectivity index (χ1) is 20.6. The van der Waals surface area contributed by atoms with Crippen LogP contribution in [0.3, 0.4) is 0 Å². The van der Waals surface area contributed by atoms with Crippen LogP contribution in [0.1, 0.15) is 62.5 Å². The third kappa shape index (κ3) is 6.34. The highest BCUT2D eigenvalue weighted by Gasteiger charge is 2.34. The van der Waals surface area contributed by atoms with E-state index in [2.05, 4.69) is 15.6 Å². The summed E-state index contributed by atoms with van der Waals surface area (Å²) >= 11 is 1.27. The SMILES string of the molecule is CC(C)(C)OC(=O)CC1CCC(NC(=O)c2sc3nccc4c3c2NC(=O)N4c2ccc(Oc3ccccc3)cc2)CC1. The monoisotopic (exact) mass is 598 g/mol. The Hall–Kier alpha value is -4.44. The molecule has 9 nitrogen and oxygen atoms in total. The summed E-state index contributed by atoms with van der Waals surface area (Å²) in [6.45, 7) is 5.62. The van der Waals surface area contributed by atoms with Crippen molar-refractivity contribution in [3.8, 4) is 11.5 Å². The maximum absolute atomic E-state index is 13.5. The maximum atomic E-state index is 13.5. The Balaban J connectivity index is 1.15. The molecular formula is C33H34N4O5S. The molecule has 0 saturated heterocycles. The van der Waals surface area contributed by atoms with E-state index in [1.54, 1.807) is 17.2 Å². The minimum absolute atomic E-state index is 0.000335. The maximum Gasteiger partial charge on any atom is 0.331 e. The third-order valence-corrected chi connectivity index (χ3v) is 8.68. The standard InChI is InChI=1S/C33H34N4O5S/c1-33(2,3)42-26(38)19-20-9-11-21(12-10-20)35-30(39)29-28-27-25(17-18-34-31(27)43-29)37(32(40)36-28)22-13-15-24(16-14-22)41-23-7-5-4-6-8-23/h4-8,13-18,20-21H,9-12,19H2,1-3H3,(H,35,39)(H,36,40). The molecule has 1 aliphatic carbocycles. The number of benzene rings is 2. The number of hydrogen-bond donors (Lipinski definition) is 2. The minimum Gasteiger partial charge on any atom is -0.460 e. The topological polar surface area (TPSA) is 110 Å². The number of ether oxygens (including phenoxy) is 2. The molecule has 222 valence electrons. The van der Waals surface area contributed by atoms with Crippen LogP contribution in [0.4, 0.5) is 21.9 Å². The van der Waals surface area contributed by atoms with Crippen molar-refractivity contribution in [2.45, 2.75) is 64.5 Å². The lowest BCUT2D eigenvalue weighted by atomic mass is 9.84. The summed E-state index contributed by atoms with van der Waals surface area (Å²) in [5, 5.41) is 6.85. The van der Waals surface area contributed by atoms with Crippen LogP contribution in [0.2, 0.25) is 0 Å². The lowest BCUT2D eigenvalue weighted by Gasteiger charge is -2.30. The van der Waals surface area contributed by atoms with Crippen LogP contribution >= 0.6 is 11.3 Å². The molecule has 43 heavy (non-hydrogen) atoms. The molecule has 0 bridgehead atoms. The predicted molar refractivity (Wildman–Crippen MR) is 167 cm³/mol. The smallest absolute Gasteiger partial charge is 0.331 e. The van der Waals surface area contributed by atoms with Gasteiger partial charge in [-0.15, -0.1) is 11.3 Å². The first-order valence-corrected chi connectivity index (χ1v) is 15.3. The second-order valence-electron chi connectivity index (χ2n) is 12.0. The number of carbonyl (C=O) groups is 3. The number of carbonyl (C=O) groups excluding carboxylic acids is 3. The lowest BCUT2D eigenvalue weighted by Crippen LogP contribution is -2.39. The Labute approximate surface area is 254 Å². The van der Waals surface area contributed by atoms with E-state index in [0.717, 1.165) is 36.8 Å². The van der Waals surface area contributed by atoms with Crippen LogP contribution in [0, 0.1) is 5.92 Å². The first-order valence-electron chi connectivity index (χ1n) is 14.5. The van der Waals surface area contributed by atoms with Crippen molar-refractivity contribution < 1.29 is 23.9 Å². The Kier molecular flexibility index (Phi) is 7.79. The van der Waals surface area contributed by atoms with Gasteiger partial charge in [-0.25, -0.2) is 9.78 Å². The highest BCUT2D eigenvalue weighted by molar-refractivity contribution is 7.21. The predicted octanol–water partition coefficient (Wildman–Crippen LogP) is 7.79. The second-order valence-corrected chi connectivity index (χ2v) is 13.0. The molecule has 2 aliphatic rings. The molecule has 0 atom stereocenters. The second kappa shape index (κ2) is 11.7. The van der Waals surface area contributed by atoms with Crippen LogP contribution < -0.4 is 20.3 Å². The number of thiophene rings is 1. The van der Waals surface area contributed by atoms with Gasteiger partial charge in [0.25, 0.3) is 5.91 Å². The number of hydrogen-bond acceptors (Lipinski definition) is 7. The number of rotatable bonds is 7. The Bertz CT molecular complexity index is 1650. The number of esters is 1. The lowest BCUT2D eigenvalue weighted by molar-refractivity contribution is -0.156.